The van der Waals surface area contributed by atoms with Crippen molar-refractivity contribution < 1.29 is 24.5 Å². The van der Waals surface area contributed by atoms with E-state index in [-0.39, 0.29) is 18.5 Å². The molecule has 0 spiro atoms. The van der Waals surface area contributed by atoms with Crippen LogP contribution in [-0.4, -0.2) is 47.4 Å². The molecule has 0 aromatic carbocycles. The highest BCUT2D eigenvalue weighted by molar-refractivity contribution is 5.76. The van der Waals surface area contributed by atoms with E-state index in [1.807, 2.05) is 6.08 Å². The molecule has 6 nitrogen and oxygen atoms in total. The fourth-order valence-corrected chi connectivity index (χ4v) is 7.21. The number of hydrogen-bond acceptors (Lipinski definition) is 5. The third-order valence-corrected chi connectivity index (χ3v) is 11.0. The zero-order valence-corrected chi connectivity index (χ0v) is 36.7. The van der Waals surface area contributed by atoms with Crippen LogP contribution < -0.4 is 5.32 Å². The Morgan fingerprint density at radius 2 is 0.855 bits per heavy atom. The van der Waals surface area contributed by atoms with E-state index in [0.717, 1.165) is 57.8 Å². The molecule has 0 fully saturated rings. The summed E-state index contributed by atoms with van der Waals surface area (Å²) in [6, 6.07) is -0.633. The van der Waals surface area contributed by atoms with Crippen molar-refractivity contribution in [2.24, 2.45) is 0 Å². The van der Waals surface area contributed by atoms with Gasteiger partial charge in [0, 0.05) is 12.8 Å². The summed E-state index contributed by atoms with van der Waals surface area (Å²) in [6.45, 7) is 4.83. The van der Waals surface area contributed by atoms with E-state index in [2.05, 4.69) is 31.3 Å². The summed E-state index contributed by atoms with van der Waals surface area (Å²) in [6.07, 6.45) is 51.7. The second-order valence-electron chi connectivity index (χ2n) is 16.4. The Labute approximate surface area is 341 Å². The predicted octanol–water partition coefficient (Wildman–Crippen LogP) is 14.0. The Hall–Kier alpha value is -1.66. The topological polar surface area (TPSA) is 95.9 Å². The first-order chi connectivity index (χ1) is 27.0. The average molecular weight is 776 g/mol. The summed E-state index contributed by atoms with van der Waals surface area (Å²) in [4.78, 5) is 24.4. The lowest BCUT2D eigenvalue weighted by molar-refractivity contribution is -0.143. The van der Waals surface area contributed by atoms with Crippen LogP contribution in [0.3, 0.4) is 0 Å². The van der Waals surface area contributed by atoms with Gasteiger partial charge in [-0.3, -0.25) is 9.59 Å². The van der Waals surface area contributed by atoms with Crippen LogP contribution in [0, 0.1) is 0 Å². The lowest BCUT2D eigenvalue weighted by atomic mass is 10.0. The molecule has 0 bridgehead atoms. The fourth-order valence-electron chi connectivity index (χ4n) is 7.21. The van der Waals surface area contributed by atoms with E-state index in [9.17, 15) is 19.8 Å². The number of allylic oxidation sites excluding steroid dienone is 3. The molecule has 324 valence electrons. The summed E-state index contributed by atoms with van der Waals surface area (Å²) in [5.41, 5.74) is 0. The summed E-state index contributed by atoms with van der Waals surface area (Å²) in [5, 5.41) is 22.9. The molecule has 0 aliphatic carbocycles. The number of carbonyl (C=O) groups is 2. The number of amides is 1. The molecule has 0 saturated heterocycles. The maximum atomic E-state index is 12.3. The molecule has 6 heteroatoms. The summed E-state index contributed by atoms with van der Waals surface area (Å²) in [5.74, 6) is -0.0944. The number of aliphatic hydroxyl groups is 2. The fraction of sp³-hybridized carbons (Fsp3) is 0.878. The van der Waals surface area contributed by atoms with Gasteiger partial charge in [0.15, 0.2) is 0 Å². The molecule has 0 rings (SSSR count). The van der Waals surface area contributed by atoms with E-state index >= 15 is 0 Å². The highest BCUT2D eigenvalue weighted by Gasteiger charge is 2.18. The van der Waals surface area contributed by atoms with Gasteiger partial charge in [0.1, 0.15) is 0 Å². The highest BCUT2D eigenvalue weighted by Crippen LogP contribution is 2.15. The normalized spacial score (nSPS) is 12.9. The lowest BCUT2D eigenvalue weighted by Gasteiger charge is -2.20. The van der Waals surface area contributed by atoms with Crippen molar-refractivity contribution in [1.82, 2.24) is 5.32 Å². The lowest BCUT2D eigenvalue weighted by Crippen LogP contribution is -2.45. The number of unbranched alkanes of at least 4 members (excludes halogenated alkanes) is 31. The van der Waals surface area contributed by atoms with Gasteiger partial charge >= 0.3 is 5.97 Å². The molecule has 1 amide bonds. The maximum absolute atomic E-state index is 12.3. The van der Waals surface area contributed by atoms with Gasteiger partial charge in [-0.15, -0.1) is 0 Å². The van der Waals surface area contributed by atoms with Crippen molar-refractivity contribution in [3.05, 3.63) is 24.3 Å². The number of ether oxygens (including phenoxy) is 1. The van der Waals surface area contributed by atoms with Crippen LogP contribution in [0.4, 0.5) is 0 Å². The average Bonchev–Trinajstić information content (AvgIpc) is 3.18. The Morgan fingerprint density at radius 1 is 0.491 bits per heavy atom. The van der Waals surface area contributed by atoms with Gasteiger partial charge in [-0.05, 0) is 57.8 Å². The standard InChI is InChI=1S/C49H93NO5/c1-3-5-7-9-11-13-14-15-16-20-23-27-31-35-39-43-49(54)55-44-40-36-32-28-24-21-18-17-19-22-26-30-34-38-42-48(53)50-46(45-51)47(52)41-37-33-29-25-12-10-8-6-4-2/h15-16,37,41,46-47,51-52H,3-14,17-36,38-40,42-45H2,1-2H3,(H,50,53)/b16-15-,41-37+. The molecular formula is C49H93NO5. The second-order valence-corrected chi connectivity index (χ2v) is 16.4. The minimum absolute atomic E-state index is 0.0123. The summed E-state index contributed by atoms with van der Waals surface area (Å²) < 4.78 is 5.45. The monoisotopic (exact) mass is 776 g/mol. The minimum atomic E-state index is -0.849. The summed E-state index contributed by atoms with van der Waals surface area (Å²) in [7, 11) is 0. The molecule has 0 aliphatic heterocycles. The molecular weight excluding hydrogens is 683 g/mol. The zero-order chi connectivity index (χ0) is 40.1. The number of aliphatic hydroxyl groups excluding tert-OH is 2. The van der Waals surface area contributed by atoms with Crippen LogP contribution in [0.2, 0.25) is 0 Å². The Bertz CT molecular complexity index is 858. The van der Waals surface area contributed by atoms with E-state index in [1.165, 1.54) is 167 Å². The molecule has 2 atom stereocenters. The first-order valence-corrected chi connectivity index (χ1v) is 24.1. The van der Waals surface area contributed by atoms with Crippen LogP contribution in [0.5, 0.6) is 0 Å². The van der Waals surface area contributed by atoms with Crippen molar-refractivity contribution in [2.75, 3.05) is 13.2 Å². The third-order valence-electron chi connectivity index (χ3n) is 11.0. The first-order valence-electron chi connectivity index (χ1n) is 24.1. The minimum Gasteiger partial charge on any atom is -0.466 e. The number of rotatable bonds is 44. The molecule has 0 aliphatic rings. The van der Waals surface area contributed by atoms with E-state index < -0.39 is 12.1 Å². The first kappa shape index (κ1) is 53.3. The number of nitrogens with one attached hydrogen (secondary N) is 1. The van der Waals surface area contributed by atoms with Gasteiger partial charge < -0.3 is 20.3 Å². The van der Waals surface area contributed by atoms with Crippen molar-refractivity contribution in [3.8, 4) is 0 Å². The van der Waals surface area contributed by atoms with Crippen LogP contribution >= 0.6 is 0 Å². The van der Waals surface area contributed by atoms with Gasteiger partial charge in [0.2, 0.25) is 5.91 Å². The second kappa shape index (κ2) is 45.0. The van der Waals surface area contributed by atoms with Crippen LogP contribution in [0.1, 0.15) is 251 Å². The van der Waals surface area contributed by atoms with Gasteiger partial charge in [-0.25, -0.2) is 0 Å². The molecule has 0 aromatic heterocycles. The molecule has 0 aromatic rings. The molecule has 55 heavy (non-hydrogen) atoms. The Morgan fingerprint density at radius 3 is 1.29 bits per heavy atom. The van der Waals surface area contributed by atoms with Gasteiger partial charge in [0.05, 0.1) is 25.4 Å². The Balaban J connectivity index is 3.44. The summed E-state index contributed by atoms with van der Waals surface area (Å²) >= 11 is 0. The van der Waals surface area contributed by atoms with Crippen LogP contribution in [0.15, 0.2) is 24.3 Å². The van der Waals surface area contributed by atoms with Crippen molar-refractivity contribution in [1.29, 1.82) is 0 Å². The van der Waals surface area contributed by atoms with Gasteiger partial charge in [0.25, 0.3) is 0 Å². The highest BCUT2D eigenvalue weighted by atomic mass is 16.5. The smallest absolute Gasteiger partial charge is 0.305 e. The zero-order valence-electron chi connectivity index (χ0n) is 36.7. The SMILES string of the molecule is CCCCCCCC/C=C\CCCCCCCC(=O)OCCCCCCCCCCCCCCCCC(=O)NC(CO)C(O)/C=C/CCCCCCCCC. The van der Waals surface area contributed by atoms with Crippen LogP contribution in [0.25, 0.3) is 0 Å². The van der Waals surface area contributed by atoms with Crippen molar-refractivity contribution >= 4 is 11.9 Å². The molecule has 3 N–H and O–H groups in total. The number of hydrogen-bond donors (Lipinski definition) is 3. The third kappa shape index (κ3) is 41.8. The van der Waals surface area contributed by atoms with Crippen molar-refractivity contribution in [2.45, 2.75) is 264 Å². The van der Waals surface area contributed by atoms with Gasteiger partial charge in [-0.2, -0.15) is 0 Å². The molecule has 2 unspecified atom stereocenters. The largest absolute Gasteiger partial charge is 0.466 e. The maximum Gasteiger partial charge on any atom is 0.305 e. The number of carbonyl (C=O) groups excluding carboxylic acids is 2. The molecule has 0 saturated carbocycles. The van der Waals surface area contributed by atoms with Crippen LogP contribution in [-0.2, 0) is 14.3 Å². The molecule has 0 heterocycles. The van der Waals surface area contributed by atoms with E-state index in [0.29, 0.717) is 19.4 Å². The molecule has 0 radical (unpaired) electrons. The Kier molecular flexibility index (Phi) is 43.7. The van der Waals surface area contributed by atoms with Crippen molar-refractivity contribution in [3.63, 3.8) is 0 Å². The quantitative estimate of drug-likeness (QED) is 0.0325. The van der Waals surface area contributed by atoms with E-state index in [4.69, 9.17) is 4.74 Å². The predicted molar refractivity (Wildman–Crippen MR) is 236 cm³/mol. The number of esters is 1. The van der Waals surface area contributed by atoms with Gasteiger partial charge in [-0.1, -0.05) is 205 Å². The van der Waals surface area contributed by atoms with E-state index in [1.54, 1.807) is 6.08 Å².